The Labute approximate surface area is 160 Å². The van der Waals surface area contributed by atoms with Crippen LogP contribution in [0, 0.1) is 5.92 Å². The van der Waals surface area contributed by atoms with Gasteiger partial charge in [0.25, 0.3) is 5.91 Å². The maximum Gasteiger partial charge on any atom is 0.253 e. The molecule has 2 aromatic rings. The number of imide groups is 1. The minimum absolute atomic E-state index is 0.0763. The van der Waals surface area contributed by atoms with Gasteiger partial charge in [-0.3, -0.25) is 9.59 Å². The summed E-state index contributed by atoms with van der Waals surface area (Å²) in [6, 6.07) is 17.0. The molecule has 0 saturated carbocycles. The fraction of sp³-hybridized carbons (Fsp3) is 0.300. The van der Waals surface area contributed by atoms with Crippen LogP contribution in [0.3, 0.4) is 0 Å². The van der Waals surface area contributed by atoms with Gasteiger partial charge in [0.1, 0.15) is 6.04 Å². The molecule has 3 atom stereocenters. The second kappa shape index (κ2) is 6.01. The number of anilines is 1. The number of fused-ring (bicyclic) bond motifs is 3. The van der Waals surface area contributed by atoms with Gasteiger partial charge in [0.2, 0.25) is 5.91 Å². The van der Waals surface area contributed by atoms with E-state index in [0.717, 1.165) is 29.5 Å². The summed E-state index contributed by atoms with van der Waals surface area (Å²) in [6.07, 6.45) is 1.02. The highest BCUT2D eigenvalue weighted by Gasteiger charge is 2.62. The highest BCUT2D eigenvalue weighted by Crippen LogP contribution is 2.49. The van der Waals surface area contributed by atoms with Crippen molar-refractivity contribution in [1.82, 2.24) is 10.0 Å². The highest BCUT2D eigenvalue weighted by atomic mass is 79.9. The molecule has 0 aliphatic carbocycles. The van der Waals surface area contributed by atoms with Gasteiger partial charge in [0, 0.05) is 17.6 Å². The van der Waals surface area contributed by atoms with Crippen molar-refractivity contribution < 1.29 is 9.59 Å². The first-order valence-electron chi connectivity index (χ1n) is 8.89. The second-order valence-electron chi connectivity index (χ2n) is 6.97. The number of carbonyl (C=O) groups is 2. The van der Waals surface area contributed by atoms with Crippen molar-refractivity contribution in [3.8, 4) is 0 Å². The molecule has 0 radical (unpaired) electrons. The molecule has 132 valence electrons. The first kappa shape index (κ1) is 16.2. The second-order valence-corrected chi connectivity index (χ2v) is 7.82. The monoisotopic (exact) mass is 411 g/mol. The van der Waals surface area contributed by atoms with Crippen LogP contribution in [0.1, 0.15) is 18.0 Å². The molecule has 3 aliphatic heterocycles. The van der Waals surface area contributed by atoms with Crippen molar-refractivity contribution in [3.05, 3.63) is 64.6 Å². The Balaban J connectivity index is 1.61. The lowest BCUT2D eigenvalue weighted by atomic mass is 9.90. The Morgan fingerprint density at radius 1 is 0.808 bits per heavy atom. The van der Waals surface area contributed by atoms with Gasteiger partial charge in [-0.15, -0.1) is 0 Å². The zero-order valence-corrected chi connectivity index (χ0v) is 15.7. The summed E-state index contributed by atoms with van der Waals surface area (Å²) >= 11 is 3.49. The predicted molar refractivity (Wildman–Crippen MR) is 101 cm³/mol. The molecule has 5 rings (SSSR count). The summed E-state index contributed by atoms with van der Waals surface area (Å²) in [5.74, 6) is -0.579. The third-order valence-corrected chi connectivity index (χ3v) is 6.31. The zero-order valence-electron chi connectivity index (χ0n) is 14.1. The van der Waals surface area contributed by atoms with Gasteiger partial charge >= 0.3 is 0 Å². The minimum atomic E-state index is -0.401. The third-order valence-electron chi connectivity index (χ3n) is 5.64. The van der Waals surface area contributed by atoms with Crippen LogP contribution in [0.4, 0.5) is 5.69 Å². The van der Waals surface area contributed by atoms with E-state index in [1.54, 1.807) is 0 Å². The number of hydrogen-bond donors (Lipinski definition) is 0. The average molecular weight is 412 g/mol. The van der Waals surface area contributed by atoms with Gasteiger partial charge in [-0.2, -0.15) is 0 Å². The van der Waals surface area contributed by atoms with Gasteiger partial charge in [0.05, 0.1) is 17.6 Å². The molecule has 6 heteroatoms. The normalized spacial score (nSPS) is 28.7. The van der Waals surface area contributed by atoms with Crippen LogP contribution < -0.4 is 4.90 Å². The van der Waals surface area contributed by atoms with E-state index in [9.17, 15) is 9.59 Å². The van der Waals surface area contributed by atoms with Gasteiger partial charge in [-0.05, 0) is 40.0 Å². The molecular formula is C20H18BrN3O2. The summed E-state index contributed by atoms with van der Waals surface area (Å²) in [7, 11) is 0. The predicted octanol–water partition coefficient (Wildman–Crippen LogP) is 2.98. The maximum absolute atomic E-state index is 13.4. The van der Waals surface area contributed by atoms with Crippen molar-refractivity contribution in [3.63, 3.8) is 0 Å². The molecule has 0 bridgehead atoms. The summed E-state index contributed by atoms with van der Waals surface area (Å²) < 4.78 is 0.760. The quantitative estimate of drug-likeness (QED) is 0.712. The van der Waals surface area contributed by atoms with E-state index < -0.39 is 6.04 Å². The average Bonchev–Trinajstić information content (AvgIpc) is 3.29. The molecule has 26 heavy (non-hydrogen) atoms. The lowest BCUT2D eigenvalue weighted by molar-refractivity contribution is -0.126. The number of benzene rings is 2. The molecule has 0 unspecified atom stereocenters. The number of rotatable bonds is 2. The van der Waals surface area contributed by atoms with E-state index >= 15 is 0 Å². The van der Waals surface area contributed by atoms with Crippen LogP contribution in [0.5, 0.6) is 0 Å². The van der Waals surface area contributed by atoms with E-state index in [2.05, 4.69) is 38.1 Å². The summed E-state index contributed by atoms with van der Waals surface area (Å²) in [4.78, 5) is 28.1. The fourth-order valence-corrected chi connectivity index (χ4v) is 5.10. The van der Waals surface area contributed by atoms with Crippen LogP contribution in [0.15, 0.2) is 59.1 Å². The molecular weight excluding hydrogens is 394 g/mol. The van der Waals surface area contributed by atoms with E-state index in [-0.39, 0.29) is 23.8 Å². The van der Waals surface area contributed by atoms with Crippen molar-refractivity contribution in [2.75, 3.05) is 18.0 Å². The fourth-order valence-electron chi connectivity index (χ4n) is 4.63. The molecule has 2 amide bonds. The molecule has 0 spiro atoms. The Morgan fingerprint density at radius 3 is 2.19 bits per heavy atom. The van der Waals surface area contributed by atoms with Crippen LogP contribution in [0.25, 0.3) is 0 Å². The van der Waals surface area contributed by atoms with Crippen molar-refractivity contribution in [2.45, 2.75) is 18.5 Å². The molecule has 5 nitrogen and oxygen atoms in total. The number of hydrazine groups is 1. The van der Waals surface area contributed by atoms with Crippen LogP contribution in [-0.2, 0) is 9.59 Å². The standard InChI is InChI=1S/C20H18BrN3O2/c21-14-9-4-5-10-15(14)24-19(25)16-17(13-7-2-1-3-8-13)22-11-6-12-23(22)18(16)20(24)26/h1-5,7-10,16-18H,6,11-12H2/t16-,17-,18-/m1/s1. The molecule has 3 fully saturated rings. The molecule has 3 heterocycles. The Kier molecular flexibility index (Phi) is 3.74. The molecule has 0 aromatic heterocycles. The van der Waals surface area contributed by atoms with E-state index in [1.165, 1.54) is 4.90 Å². The first-order chi connectivity index (χ1) is 12.7. The minimum Gasteiger partial charge on any atom is -0.274 e. The van der Waals surface area contributed by atoms with Crippen molar-refractivity contribution in [1.29, 1.82) is 0 Å². The lowest BCUT2D eigenvalue weighted by Crippen LogP contribution is -2.44. The third kappa shape index (κ3) is 2.16. The van der Waals surface area contributed by atoms with Crippen molar-refractivity contribution >= 4 is 33.4 Å². The van der Waals surface area contributed by atoms with E-state index in [4.69, 9.17) is 0 Å². The Morgan fingerprint density at radius 2 is 1.46 bits per heavy atom. The molecule has 0 N–H and O–H groups in total. The smallest absolute Gasteiger partial charge is 0.253 e. The zero-order chi connectivity index (χ0) is 17.8. The Hall–Kier alpha value is -2.02. The molecule has 3 aliphatic rings. The topological polar surface area (TPSA) is 43.9 Å². The van der Waals surface area contributed by atoms with Crippen LogP contribution in [-0.4, -0.2) is 41.0 Å². The number of nitrogens with zero attached hydrogens (tertiary/aromatic N) is 3. The summed E-state index contributed by atoms with van der Waals surface area (Å²) in [5.41, 5.74) is 1.73. The van der Waals surface area contributed by atoms with Crippen molar-refractivity contribution in [2.24, 2.45) is 5.92 Å². The van der Waals surface area contributed by atoms with Gasteiger partial charge < -0.3 is 0 Å². The summed E-state index contributed by atoms with van der Waals surface area (Å²) in [5, 5.41) is 4.36. The number of amides is 2. The lowest BCUT2D eigenvalue weighted by Gasteiger charge is -2.30. The number of halogens is 1. The Bertz CT molecular complexity index is 888. The van der Waals surface area contributed by atoms with Crippen LogP contribution >= 0.6 is 15.9 Å². The molecule has 3 saturated heterocycles. The SMILES string of the molecule is O=C1[C@@H]2[C@@H](c3ccccc3)N3CCCN3[C@H]2C(=O)N1c1ccccc1Br. The van der Waals surface area contributed by atoms with E-state index in [1.807, 2.05) is 42.5 Å². The van der Waals surface area contributed by atoms with Gasteiger partial charge in [-0.1, -0.05) is 42.5 Å². The van der Waals surface area contributed by atoms with Gasteiger partial charge in [0.15, 0.2) is 0 Å². The number of hydrogen-bond acceptors (Lipinski definition) is 4. The molecule has 2 aromatic carbocycles. The van der Waals surface area contributed by atoms with E-state index in [0.29, 0.717) is 5.69 Å². The van der Waals surface area contributed by atoms with Gasteiger partial charge in [-0.25, -0.2) is 14.9 Å². The number of carbonyl (C=O) groups excluding carboxylic acids is 2. The first-order valence-corrected chi connectivity index (χ1v) is 9.68. The maximum atomic E-state index is 13.4. The largest absolute Gasteiger partial charge is 0.274 e. The summed E-state index contributed by atoms with van der Waals surface area (Å²) in [6.45, 7) is 1.72. The van der Waals surface area contributed by atoms with Crippen LogP contribution in [0.2, 0.25) is 0 Å². The highest BCUT2D eigenvalue weighted by molar-refractivity contribution is 9.10. The number of para-hydroxylation sites is 1.